The van der Waals surface area contributed by atoms with Crippen molar-refractivity contribution in [2.45, 2.75) is 13.0 Å². The average Bonchev–Trinajstić information content (AvgIpc) is 2.99. The van der Waals surface area contributed by atoms with Crippen LogP contribution in [0.15, 0.2) is 54.7 Å². The SMILES string of the molecule is COCCc1ccccc1NCc1ccc2[nH]ccc2c1. The van der Waals surface area contributed by atoms with Crippen LogP contribution in [0.1, 0.15) is 11.1 Å². The van der Waals surface area contributed by atoms with Gasteiger partial charge in [-0.2, -0.15) is 0 Å². The Morgan fingerprint density at radius 3 is 2.90 bits per heavy atom. The van der Waals surface area contributed by atoms with Crippen molar-refractivity contribution in [2.75, 3.05) is 19.0 Å². The number of para-hydroxylation sites is 1. The lowest BCUT2D eigenvalue weighted by Gasteiger charge is -2.12. The number of anilines is 1. The molecule has 0 aliphatic heterocycles. The Balaban J connectivity index is 1.71. The van der Waals surface area contributed by atoms with Gasteiger partial charge in [-0.25, -0.2) is 0 Å². The van der Waals surface area contributed by atoms with Crippen LogP contribution in [0.2, 0.25) is 0 Å². The molecule has 0 fully saturated rings. The van der Waals surface area contributed by atoms with Gasteiger partial charge >= 0.3 is 0 Å². The second-order valence-electron chi connectivity index (χ2n) is 5.15. The molecule has 3 aromatic rings. The van der Waals surface area contributed by atoms with E-state index < -0.39 is 0 Å². The van der Waals surface area contributed by atoms with Crippen molar-refractivity contribution in [3.63, 3.8) is 0 Å². The molecule has 2 aromatic carbocycles. The maximum atomic E-state index is 5.17. The summed E-state index contributed by atoms with van der Waals surface area (Å²) in [4.78, 5) is 3.22. The molecule has 3 heteroatoms. The van der Waals surface area contributed by atoms with Gasteiger partial charge in [0.1, 0.15) is 0 Å². The van der Waals surface area contributed by atoms with E-state index in [9.17, 15) is 0 Å². The lowest BCUT2D eigenvalue weighted by atomic mass is 10.1. The molecule has 108 valence electrons. The first-order valence-electron chi connectivity index (χ1n) is 7.23. The monoisotopic (exact) mass is 280 g/mol. The summed E-state index contributed by atoms with van der Waals surface area (Å²) in [5.74, 6) is 0. The van der Waals surface area contributed by atoms with E-state index in [4.69, 9.17) is 4.74 Å². The van der Waals surface area contributed by atoms with Crippen LogP contribution in [-0.4, -0.2) is 18.7 Å². The highest BCUT2D eigenvalue weighted by atomic mass is 16.5. The van der Waals surface area contributed by atoms with Gasteiger partial charge in [-0.1, -0.05) is 24.3 Å². The molecule has 3 nitrogen and oxygen atoms in total. The van der Waals surface area contributed by atoms with Crippen molar-refractivity contribution in [1.82, 2.24) is 4.98 Å². The second-order valence-corrected chi connectivity index (χ2v) is 5.15. The Kier molecular flexibility index (Phi) is 4.22. The molecule has 0 saturated carbocycles. The van der Waals surface area contributed by atoms with Crippen LogP contribution in [0.3, 0.4) is 0 Å². The standard InChI is InChI=1S/C18H20N2O/c1-21-11-9-15-4-2-3-5-17(15)20-13-14-6-7-18-16(12-14)8-10-19-18/h2-8,10,12,19-20H,9,11,13H2,1H3. The van der Waals surface area contributed by atoms with Crippen LogP contribution < -0.4 is 5.32 Å². The number of fused-ring (bicyclic) bond motifs is 1. The smallest absolute Gasteiger partial charge is 0.0503 e. The lowest BCUT2D eigenvalue weighted by Crippen LogP contribution is -2.04. The fraction of sp³-hybridized carbons (Fsp3) is 0.222. The molecule has 0 spiro atoms. The van der Waals surface area contributed by atoms with Gasteiger partial charge in [0.25, 0.3) is 0 Å². The van der Waals surface area contributed by atoms with E-state index in [-0.39, 0.29) is 0 Å². The van der Waals surface area contributed by atoms with Crippen LogP contribution in [0, 0.1) is 0 Å². The van der Waals surface area contributed by atoms with Crippen LogP contribution in [0.4, 0.5) is 5.69 Å². The minimum atomic E-state index is 0.744. The molecule has 0 aliphatic rings. The topological polar surface area (TPSA) is 37.0 Å². The zero-order chi connectivity index (χ0) is 14.5. The number of ether oxygens (including phenoxy) is 1. The fourth-order valence-electron chi connectivity index (χ4n) is 2.53. The highest BCUT2D eigenvalue weighted by Gasteiger charge is 2.02. The average molecular weight is 280 g/mol. The molecular formula is C18H20N2O. The molecule has 1 aromatic heterocycles. The Bertz CT molecular complexity index is 718. The molecule has 3 rings (SSSR count). The third kappa shape index (κ3) is 3.26. The number of methoxy groups -OCH3 is 1. The Hall–Kier alpha value is -2.26. The molecule has 0 unspecified atom stereocenters. The molecule has 0 amide bonds. The summed E-state index contributed by atoms with van der Waals surface area (Å²) in [7, 11) is 1.74. The van der Waals surface area contributed by atoms with Crippen LogP contribution in [-0.2, 0) is 17.7 Å². The van der Waals surface area contributed by atoms with Gasteiger partial charge in [0, 0.05) is 31.1 Å². The van der Waals surface area contributed by atoms with Crippen LogP contribution in [0.25, 0.3) is 10.9 Å². The number of nitrogens with one attached hydrogen (secondary N) is 2. The van der Waals surface area contributed by atoms with E-state index in [1.54, 1.807) is 7.11 Å². The van der Waals surface area contributed by atoms with E-state index in [2.05, 4.69) is 58.8 Å². The largest absolute Gasteiger partial charge is 0.384 e. The second kappa shape index (κ2) is 6.46. The fourth-order valence-corrected chi connectivity index (χ4v) is 2.53. The predicted octanol–water partition coefficient (Wildman–Crippen LogP) is 3.97. The van der Waals surface area contributed by atoms with Crippen molar-refractivity contribution in [3.05, 3.63) is 65.9 Å². The number of benzene rings is 2. The van der Waals surface area contributed by atoms with Gasteiger partial charge < -0.3 is 15.0 Å². The third-order valence-corrected chi connectivity index (χ3v) is 3.69. The first-order valence-corrected chi connectivity index (χ1v) is 7.23. The first-order chi connectivity index (χ1) is 10.4. The Morgan fingerprint density at radius 2 is 2.00 bits per heavy atom. The quantitative estimate of drug-likeness (QED) is 0.717. The number of H-pyrrole nitrogens is 1. The van der Waals surface area contributed by atoms with E-state index >= 15 is 0 Å². The highest BCUT2D eigenvalue weighted by Crippen LogP contribution is 2.19. The summed E-state index contributed by atoms with van der Waals surface area (Å²) in [6, 6.07) is 17.0. The van der Waals surface area contributed by atoms with Gasteiger partial charge in [0.05, 0.1) is 6.61 Å². The normalized spacial score (nSPS) is 10.9. The summed E-state index contributed by atoms with van der Waals surface area (Å²) in [5.41, 5.74) is 4.94. The van der Waals surface area contributed by atoms with Gasteiger partial charge in [-0.05, 0) is 47.2 Å². The van der Waals surface area contributed by atoms with Gasteiger partial charge in [0.15, 0.2) is 0 Å². The molecule has 21 heavy (non-hydrogen) atoms. The molecule has 0 bridgehead atoms. The van der Waals surface area contributed by atoms with Crippen molar-refractivity contribution in [3.8, 4) is 0 Å². The number of aromatic nitrogens is 1. The summed E-state index contributed by atoms with van der Waals surface area (Å²) in [6.45, 7) is 1.57. The van der Waals surface area contributed by atoms with Crippen LogP contribution in [0.5, 0.6) is 0 Å². The van der Waals surface area contributed by atoms with E-state index in [0.717, 1.165) is 19.6 Å². The van der Waals surface area contributed by atoms with E-state index in [0.29, 0.717) is 0 Å². The van der Waals surface area contributed by atoms with Gasteiger partial charge in [0.2, 0.25) is 0 Å². The molecule has 2 N–H and O–H groups in total. The molecule has 0 radical (unpaired) electrons. The lowest BCUT2D eigenvalue weighted by molar-refractivity contribution is 0.202. The van der Waals surface area contributed by atoms with Crippen molar-refractivity contribution < 1.29 is 4.74 Å². The number of hydrogen-bond acceptors (Lipinski definition) is 2. The summed E-state index contributed by atoms with van der Waals surface area (Å²) in [5, 5.41) is 4.78. The molecule has 0 atom stereocenters. The maximum absolute atomic E-state index is 5.17. The zero-order valence-corrected chi connectivity index (χ0v) is 12.2. The molecule has 0 saturated heterocycles. The Labute approximate surface area is 125 Å². The van der Waals surface area contributed by atoms with E-state index in [1.807, 2.05) is 6.20 Å². The highest BCUT2D eigenvalue weighted by molar-refractivity contribution is 5.80. The number of hydrogen-bond donors (Lipinski definition) is 2. The predicted molar refractivity (Wildman–Crippen MR) is 87.6 cm³/mol. The van der Waals surface area contributed by atoms with E-state index in [1.165, 1.54) is 27.7 Å². The van der Waals surface area contributed by atoms with Crippen molar-refractivity contribution in [1.29, 1.82) is 0 Å². The summed E-state index contributed by atoms with van der Waals surface area (Å²) < 4.78 is 5.17. The van der Waals surface area contributed by atoms with Crippen molar-refractivity contribution in [2.24, 2.45) is 0 Å². The first kappa shape index (κ1) is 13.7. The van der Waals surface area contributed by atoms with Crippen LogP contribution >= 0.6 is 0 Å². The third-order valence-electron chi connectivity index (χ3n) is 3.69. The minimum absolute atomic E-state index is 0.744. The Morgan fingerprint density at radius 1 is 1.10 bits per heavy atom. The van der Waals surface area contributed by atoms with Crippen molar-refractivity contribution >= 4 is 16.6 Å². The molecular weight excluding hydrogens is 260 g/mol. The number of rotatable bonds is 6. The number of aromatic amines is 1. The van der Waals surface area contributed by atoms with Gasteiger partial charge in [-0.3, -0.25) is 0 Å². The maximum Gasteiger partial charge on any atom is 0.0503 e. The molecule has 0 aliphatic carbocycles. The summed E-state index contributed by atoms with van der Waals surface area (Å²) in [6.07, 6.45) is 2.90. The minimum Gasteiger partial charge on any atom is -0.384 e. The summed E-state index contributed by atoms with van der Waals surface area (Å²) >= 11 is 0. The zero-order valence-electron chi connectivity index (χ0n) is 12.2. The molecule has 1 heterocycles. The van der Waals surface area contributed by atoms with Gasteiger partial charge in [-0.15, -0.1) is 0 Å².